The van der Waals surface area contributed by atoms with Crippen molar-refractivity contribution in [3.63, 3.8) is 0 Å². The number of benzene rings is 2. The summed E-state index contributed by atoms with van der Waals surface area (Å²) in [4.78, 5) is 53.1. The second-order valence-corrected chi connectivity index (χ2v) is 8.95. The van der Waals surface area contributed by atoms with Crippen LogP contribution in [0.15, 0.2) is 42.5 Å². The molecule has 178 valence electrons. The van der Waals surface area contributed by atoms with Crippen LogP contribution in [0.4, 0.5) is 15.8 Å². The van der Waals surface area contributed by atoms with Crippen LogP contribution in [0.1, 0.15) is 55.3 Å². The van der Waals surface area contributed by atoms with Crippen molar-refractivity contribution in [2.45, 2.75) is 57.0 Å². The van der Waals surface area contributed by atoms with E-state index in [1.807, 2.05) is 0 Å². The van der Waals surface area contributed by atoms with E-state index < -0.39 is 40.2 Å². The van der Waals surface area contributed by atoms with Gasteiger partial charge in [-0.15, -0.1) is 0 Å². The van der Waals surface area contributed by atoms with Crippen LogP contribution in [-0.2, 0) is 9.59 Å². The van der Waals surface area contributed by atoms with Crippen LogP contribution in [0.5, 0.6) is 0 Å². The third kappa shape index (κ3) is 4.65. The lowest BCUT2D eigenvalue weighted by molar-refractivity contribution is -0.384. The zero-order valence-corrected chi connectivity index (χ0v) is 19.0. The van der Waals surface area contributed by atoms with Gasteiger partial charge in [0.05, 0.1) is 17.0 Å². The molecule has 0 aromatic heterocycles. The van der Waals surface area contributed by atoms with Crippen LogP contribution in [0.2, 0.25) is 5.02 Å². The number of nitro groups is 1. The predicted molar refractivity (Wildman–Crippen MR) is 123 cm³/mol. The fourth-order valence-electron chi connectivity index (χ4n) is 4.73. The van der Waals surface area contributed by atoms with E-state index in [2.05, 4.69) is 0 Å². The van der Waals surface area contributed by atoms with E-state index in [0.717, 1.165) is 48.8 Å². The van der Waals surface area contributed by atoms with Crippen molar-refractivity contribution in [3.8, 4) is 0 Å². The number of rotatable bonds is 5. The van der Waals surface area contributed by atoms with Gasteiger partial charge in [-0.05, 0) is 49.2 Å². The lowest BCUT2D eigenvalue weighted by Gasteiger charge is -2.35. The van der Waals surface area contributed by atoms with Gasteiger partial charge in [-0.25, -0.2) is 9.29 Å². The number of anilines is 1. The molecule has 34 heavy (non-hydrogen) atoms. The Labute approximate surface area is 200 Å². The van der Waals surface area contributed by atoms with Gasteiger partial charge in [0.25, 0.3) is 17.5 Å². The SMILES string of the molecule is O=C1CC(N(C(=O)c2ccc(Cl)c([N+](=O)[O-])c2)C2CCCCCC2)C(=O)N1c1ccc(F)cc1. The maximum Gasteiger partial charge on any atom is 0.288 e. The van der Waals surface area contributed by atoms with Gasteiger partial charge in [0.1, 0.15) is 16.9 Å². The third-order valence-electron chi connectivity index (χ3n) is 6.39. The molecule has 1 atom stereocenters. The molecule has 2 aromatic rings. The largest absolute Gasteiger partial charge is 0.323 e. The van der Waals surface area contributed by atoms with Gasteiger partial charge < -0.3 is 4.90 Å². The smallest absolute Gasteiger partial charge is 0.288 e. The first-order chi connectivity index (χ1) is 16.3. The van der Waals surface area contributed by atoms with Crippen molar-refractivity contribution in [3.05, 3.63) is 69.0 Å². The van der Waals surface area contributed by atoms with Crippen LogP contribution >= 0.6 is 11.6 Å². The summed E-state index contributed by atoms with van der Waals surface area (Å²) >= 11 is 5.91. The van der Waals surface area contributed by atoms with E-state index in [-0.39, 0.29) is 28.7 Å². The topological polar surface area (TPSA) is 101 Å². The Morgan fingerprint density at radius 3 is 2.32 bits per heavy atom. The summed E-state index contributed by atoms with van der Waals surface area (Å²) in [5.41, 5.74) is -0.148. The normalized spacial score (nSPS) is 19.2. The molecule has 0 spiro atoms. The highest BCUT2D eigenvalue weighted by molar-refractivity contribution is 6.32. The monoisotopic (exact) mass is 487 g/mol. The number of halogens is 2. The highest BCUT2D eigenvalue weighted by Crippen LogP contribution is 2.33. The molecule has 1 saturated carbocycles. The standard InChI is InChI=1S/C24H23ClFN3O5/c25-19-12-7-15(13-20(19)29(33)34)23(31)27(17-5-3-1-2-4-6-17)21-14-22(30)28(24(21)32)18-10-8-16(26)9-11-18/h7-13,17,21H,1-6,14H2. The minimum atomic E-state index is -1.05. The lowest BCUT2D eigenvalue weighted by Crippen LogP contribution is -2.50. The number of nitro benzene ring substituents is 1. The predicted octanol–water partition coefficient (Wildman–Crippen LogP) is 4.88. The van der Waals surface area contributed by atoms with E-state index in [1.165, 1.54) is 29.2 Å². The van der Waals surface area contributed by atoms with Crippen LogP contribution in [0.25, 0.3) is 0 Å². The molecule has 1 unspecified atom stereocenters. The van der Waals surface area contributed by atoms with Crippen molar-refractivity contribution in [2.24, 2.45) is 0 Å². The molecule has 1 aliphatic heterocycles. The van der Waals surface area contributed by atoms with Gasteiger partial charge in [-0.1, -0.05) is 37.3 Å². The van der Waals surface area contributed by atoms with E-state index in [9.17, 15) is 28.9 Å². The fraction of sp³-hybridized carbons (Fsp3) is 0.375. The van der Waals surface area contributed by atoms with E-state index in [1.54, 1.807) is 0 Å². The summed E-state index contributed by atoms with van der Waals surface area (Å²) in [6, 6.07) is 7.43. The molecule has 2 aliphatic rings. The number of amides is 3. The molecule has 0 bridgehead atoms. The Kier molecular flexibility index (Phi) is 6.92. The molecule has 2 fully saturated rings. The molecule has 1 heterocycles. The van der Waals surface area contributed by atoms with Gasteiger partial charge in [0, 0.05) is 17.7 Å². The number of hydrogen-bond donors (Lipinski definition) is 0. The second-order valence-electron chi connectivity index (χ2n) is 8.54. The third-order valence-corrected chi connectivity index (χ3v) is 6.71. The molecule has 10 heteroatoms. The highest BCUT2D eigenvalue weighted by atomic mass is 35.5. The average molecular weight is 488 g/mol. The van der Waals surface area contributed by atoms with Gasteiger partial charge >= 0.3 is 0 Å². The van der Waals surface area contributed by atoms with Gasteiger partial charge in [-0.2, -0.15) is 0 Å². The molecule has 1 aliphatic carbocycles. The summed E-state index contributed by atoms with van der Waals surface area (Å²) < 4.78 is 13.4. The molecule has 4 rings (SSSR count). The van der Waals surface area contributed by atoms with Gasteiger partial charge in [-0.3, -0.25) is 24.5 Å². The molecule has 1 saturated heterocycles. The summed E-state index contributed by atoms with van der Waals surface area (Å²) in [5, 5.41) is 11.3. The Morgan fingerprint density at radius 1 is 1.06 bits per heavy atom. The van der Waals surface area contributed by atoms with Crippen molar-refractivity contribution < 1.29 is 23.7 Å². The first-order valence-corrected chi connectivity index (χ1v) is 11.5. The molecular weight excluding hydrogens is 465 g/mol. The minimum absolute atomic E-state index is 0.0285. The molecular formula is C24H23ClFN3O5. The van der Waals surface area contributed by atoms with Crippen molar-refractivity contribution in [1.82, 2.24) is 4.90 Å². The zero-order valence-electron chi connectivity index (χ0n) is 18.3. The second kappa shape index (κ2) is 9.89. The number of imide groups is 1. The van der Waals surface area contributed by atoms with Crippen LogP contribution in [0, 0.1) is 15.9 Å². The number of nitrogens with zero attached hydrogens (tertiary/aromatic N) is 3. The first kappa shape index (κ1) is 23.8. The Hall–Kier alpha value is -3.33. The van der Waals surface area contributed by atoms with Crippen LogP contribution in [-0.4, -0.2) is 39.6 Å². The maximum absolute atomic E-state index is 13.7. The average Bonchev–Trinajstić information content (AvgIpc) is 2.97. The number of carbonyl (C=O) groups excluding carboxylic acids is 3. The van der Waals surface area contributed by atoms with Crippen LogP contribution < -0.4 is 4.90 Å². The highest BCUT2D eigenvalue weighted by Gasteiger charge is 2.46. The fourth-order valence-corrected chi connectivity index (χ4v) is 4.91. The zero-order chi connectivity index (χ0) is 24.4. The number of hydrogen-bond acceptors (Lipinski definition) is 5. The summed E-state index contributed by atoms with van der Waals surface area (Å²) in [6.07, 6.45) is 4.85. The first-order valence-electron chi connectivity index (χ1n) is 11.2. The van der Waals surface area contributed by atoms with Crippen molar-refractivity contribution in [2.75, 3.05) is 4.90 Å². The lowest BCUT2D eigenvalue weighted by atomic mass is 10.0. The summed E-state index contributed by atoms with van der Waals surface area (Å²) in [5.74, 6) is -2.12. The van der Waals surface area contributed by atoms with E-state index in [0.29, 0.717) is 12.8 Å². The summed E-state index contributed by atoms with van der Waals surface area (Å²) in [6.45, 7) is 0. The minimum Gasteiger partial charge on any atom is -0.323 e. The molecule has 3 amide bonds. The molecule has 0 N–H and O–H groups in total. The van der Waals surface area contributed by atoms with Gasteiger partial charge in [0.15, 0.2) is 0 Å². The quantitative estimate of drug-likeness (QED) is 0.259. The van der Waals surface area contributed by atoms with E-state index >= 15 is 0 Å². The molecule has 2 aromatic carbocycles. The molecule has 8 nitrogen and oxygen atoms in total. The molecule has 0 radical (unpaired) electrons. The number of carbonyl (C=O) groups is 3. The van der Waals surface area contributed by atoms with Gasteiger partial charge in [0.2, 0.25) is 5.91 Å². The van der Waals surface area contributed by atoms with Crippen LogP contribution in [0.3, 0.4) is 0 Å². The summed E-state index contributed by atoms with van der Waals surface area (Å²) in [7, 11) is 0. The Bertz CT molecular complexity index is 1130. The Morgan fingerprint density at radius 2 is 1.71 bits per heavy atom. The van der Waals surface area contributed by atoms with Crippen molar-refractivity contribution >= 4 is 40.7 Å². The Balaban J connectivity index is 1.72. The maximum atomic E-state index is 13.7. The van der Waals surface area contributed by atoms with E-state index in [4.69, 9.17) is 11.6 Å². The van der Waals surface area contributed by atoms with Crippen molar-refractivity contribution in [1.29, 1.82) is 0 Å².